The van der Waals surface area contributed by atoms with Gasteiger partial charge in [0, 0.05) is 23.9 Å². The van der Waals surface area contributed by atoms with Crippen molar-refractivity contribution in [3.63, 3.8) is 0 Å². The van der Waals surface area contributed by atoms with E-state index >= 15 is 0 Å². The molecule has 0 aliphatic heterocycles. The molecule has 0 aromatic carbocycles. The summed E-state index contributed by atoms with van der Waals surface area (Å²) in [5, 5.41) is 7.00. The number of nitrogens with one attached hydrogen (secondary N) is 1. The average Bonchev–Trinajstić information content (AvgIpc) is 2.93. The monoisotopic (exact) mass is 260 g/mol. The van der Waals surface area contributed by atoms with Gasteiger partial charge in [0.1, 0.15) is 0 Å². The van der Waals surface area contributed by atoms with Gasteiger partial charge in [-0.3, -0.25) is 0 Å². The maximum absolute atomic E-state index is 4.62. The van der Waals surface area contributed by atoms with Crippen LogP contribution >= 0.6 is 23.7 Å². The fourth-order valence-electron chi connectivity index (χ4n) is 1.70. The van der Waals surface area contributed by atoms with Crippen molar-refractivity contribution in [1.29, 1.82) is 0 Å². The van der Waals surface area contributed by atoms with Crippen molar-refractivity contribution < 1.29 is 0 Å². The third-order valence-corrected chi connectivity index (χ3v) is 4.19. The van der Waals surface area contributed by atoms with Crippen LogP contribution in [0.1, 0.15) is 50.2 Å². The number of halogens is 1. The van der Waals surface area contributed by atoms with E-state index in [0.717, 1.165) is 12.5 Å². The van der Waals surface area contributed by atoms with Crippen LogP contribution in [0.4, 0.5) is 0 Å². The summed E-state index contributed by atoms with van der Waals surface area (Å²) in [6.45, 7) is 7.61. The minimum absolute atomic E-state index is 0. The van der Waals surface area contributed by atoms with Crippen LogP contribution in [-0.2, 0) is 6.54 Å². The summed E-state index contributed by atoms with van der Waals surface area (Å²) in [6, 6.07) is 0.661. The summed E-state index contributed by atoms with van der Waals surface area (Å²) in [5.74, 6) is 1.48. The fraction of sp³-hybridized carbons (Fsp3) is 0.750. The molecule has 1 aliphatic rings. The van der Waals surface area contributed by atoms with Gasteiger partial charge in [-0.25, -0.2) is 4.98 Å². The molecule has 1 heterocycles. The molecule has 0 saturated heterocycles. The first-order valence-corrected chi connectivity index (χ1v) is 6.72. The molecule has 0 spiro atoms. The van der Waals surface area contributed by atoms with Crippen molar-refractivity contribution in [3.8, 4) is 0 Å². The Hall–Kier alpha value is -0.120. The van der Waals surface area contributed by atoms with E-state index < -0.39 is 0 Å². The number of rotatable bonds is 5. The van der Waals surface area contributed by atoms with Gasteiger partial charge in [-0.05, 0) is 25.7 Å². The van der Waals surface area contributed by atoms with Crippen LogP contribution < -0.4 is 5.32 Å². The van der Waals surface area contributed by atoms with Crippen LogP contribution in [0.15, 0.2) is 5.38 Å². The minimum Gasteiger partial charge on any atom is -0.308 e. The van der Waals surface area contributed by atoms with E-state index in [9.17, 15) is 0 Å². The van der Waals surface area contributed by atoms with Crippen LogP contribution in [0.25, 0.3) is 0 Å². The zero-order valence-electron chi connectivity index (χ0n) is 10.2. The Morgan fingerprint density at radius 1 is 1.44 bits per heavy atom. The van der Waals surface area contributed by atoms with Crippen LogP contribution in [0.3, 0.4) is 0 Å². The summed E-state index contributed by atoms with van der Waals surface area (Å²) in [6.07, 6.45) is 2.81. The maximum Gasteiger partial charge on any atom is 0.0954 e. The molecular weight excluding hydrogens is 240 g/mol. The summed E-state index contributed by atoms with van der Waals surface area (Å²) in [5.41, 5.74) is 1.20. The molecule has 1 aromatic heterocycles. The Bertz CT molecular complexity index is 321. The molecule has 0 bridgehead atoms. The van der Waals surface area contributed by atoms with Gasteiger partial charge in [-0.15, -0.1) is 23.7 Å². The van der Waals surface area contributed by atoms with Gasteiger partial charge < -0.3 is 5.32 Å². The first kappa shape index (κ1) is 13.9. The Labute approximate surface area is 108 Å². The molecule has 0 amide bonds. The summed E-state index contributed by atoms with van der Waals surface area (Å²) >= 11 is 1.78. The van der Waals surface area contributed by atoms with Gasteiger partial charge in [-0.1, -0.05) is 13.8 Å². The molecule has 1 fully saturated rings. The Morgan fingerprint density at radius 2 is 2.12 bits per heavy atom. The molecule has 16 heavy (non-hydrogen) atoms. The highest BCUT2D eigenvalue weighted by molar-refractivity contribution is 7.09. The van der Waals surface area contributed by atoms with E-state index in [1.54, 1.807) is 11.3 Å². The summed E-state index contributed by atoms with van der Waals surface area (Å²) in [7, 11) is 0. The van der Waals surface area contributed by atoms with E-state index in [0.29, 0.717) is 12.0 Å². The van der Waals surface area contributed by atoms with E-state index in [1.165, 1.54) is 23.5 Å². The van der Waals surface area contributed by atoms with Crippen molar-refractivity contribution in [2.45, 2.75) is 52.1 Å². The molecule has 1 aromatic rings. The lowest BCUT2D eigenvalue weighted by molar-refractivity contribution is 0.492. The number of nitrogens with zero attached hydrogens (tertiary/aromatic N) is 1. The summed E-state index contributed by atoms with van der Waals surface area (Å²) in [4.78, 5) is 4.62. The topological polar surface area (TPSA) is 24.9 Å². The zero-order valence-corrected chi connectivity index (χ0v) is 11.8. The second-order valence-electron chi connectivity index (χ2n) is 4.84. The molecule has 1 atom stereocenters. The largest absolute Gasteiger partial charge is 0.308 e. The first-order chi connectivity index (χ1) is 7.16. The van der Waals surface area contributed by atoms with Gasteiger partial charge >= 0.3 is 0 Å². The quantitative estimate of drug-likeness (QED) is 0.876. The average molecular weight is 261 g/mol. The van der Waals surface area contributed by atoms with Crippen LogP contribution in [-0.4, -0.2) is 11.0 Å². The normalized spacial score (nSPS) is 17.2. The molecule has 0 radical (unpaired) electrons. The highest BCUT2D eigenvalue weighted by Gasteiger charge is 2.27. The van der Waals surface area contributed by atoms with Crippen LogP contribution in [0.5, 0.6) is 0 Å². The fourth-order valence-corrected chi connectivity index (χ4v) is 2.53. The second-order valence-corrected chi connectivity index (χ2v) is 5.73. The standard InChI is InChI=1S/C12H20N2S.ClH/c1-8(2)12-14-11(7-15-12)6-13-9(3)10-4-5-10;/h7-10,13H,4-6H2,1-3H3;1H. The third kappa shape index (κ3) is 3.72. The Balaban J connectivity index is 0.00000128. The summed E-state index contributed by atoms with van der Waals surface area (Å²) < 4.78 is 0. The molecule has 1 unspecified atom stereocenters. The number of hydrogen-bond donors (Lipinski definition) is 1. The highest BCUT2D eigenvalue weighted by atomic mass is 35.5. The Kier molecular flexibility index (Phi) is 5.22. The van der Waals surface area contributed by atoms with Gasteiger partial charge in [0.15, 0.2) is 0 Å². The van der Waals surface area contributed by atoms with Gasteiger partial charge in [0.2, 0.25) is 0 Å². The van der Waals surface area contributed by atoms with Gasteiger partial charge in [-0.2, -0.15) is 0 Å². The predicted octanol–water partition coefficient (Wildman–Crippen LogP) is 3.58. The first-order valence-electron chi connectivity index (χ1n) is 5.84. The van der Waals surface area contributed by atoms with E-state index in [-0.39, 0.29) is 12.4 Å². The van der Waals surface area contributed by atoms with Crippen molar-refractivity contribution in [1.82, 2.24) is 10.3 Å². The lowest BCUT2D eigenvalue weighted by Crippen LogP contribution is -2.27. The zero-order chi connectivity index (χ0) is 10.8. The van der Waals surface area contributed by atoms with Crippen molar-refractivity contribution in [3.05, 3.63) is 16.1 Å². The minimum atomic E-state index is 0. The van der Waals surface area contributed by atoms with E-state index in [1.807, 2.05) is 0 Å². The molecule has 1 saturated carbocycles. The lowest BCUT2D eigenvalue weighted by atomic mass is 10.2. The molecule has 2 nitrogen and oxygen atoms in total. The molecule has 92 valence electrons. The molecule has 4 heteroatoms. The smallest absolute Gasteiger partial charge is 0.0954 e. The molecule has 1 aliphatic carbocycles. The lowest BCUT2D eigenvalue weighted by Gasteiger charge is -2.10. The van der Waals surface area contributed by atoms with Gasteiger partial charge in [0.25, 0.3) is 0 Å². The van der Waals surface area contributed by atoms with E-state index in [2.05, 4.69) is 36.5 Å². The van der Waals surface area contributed by atoms with Gasteiger partial charge in [0.05, 0.1) is 10.7 Å². The number of aromatic nitrogens is 1. The van der Waals surface area contributed by atoms with Crippen molar-refractivity contribution >= 4 is 23.7 Å². The SMILES string of the molecule is CC(C)c1nc(CNC(C)C2CC2)cs1.Cl. The molecule has 2 rings (SSSR count). The predicted molar refractivity (Wildman–Crippen MR) is 72.5 cm³/mol. The third-order valence-electron chi connectivity index (χ3n) is 3.00. The number of hydrogen-bond acceptors (Lipinski definition) is 3. The number of thiazole rings is 1. The molecular formula is C12H21ClN2S. The van der Waals surface area contributed by atoms with E-state index in [4.69, 9.17) is 0 Å². The maximum atomic E-state index is 4.62. The second kappa shape index (κ2) is 5.99. The Morgan fingerprint density at radius 3 is 2.62 bits per heavy atom. The van der Waals surface area contributed by atoms with Crippen molar-refractivity contribution in [2.75, 3.05) is 0 Å². The highest BCUT2D eigenvalue weighted by Crippen LogP contribution is 2.32. The van der Waals surface area contributed by atoms with Crippen LogP contribution in [0.2, 0.25) is 0 Å². The van der Waals surface area contributed by atoms with Crippen molar-refractivity contribution in [2.24, 2.45) is 5.92 Å². The molecule has 1 N–H and O–H groups in total. The van der Waals surface area contributed by atoms with Crippen LogP contribution in [0, 0.1) is 5.92 Å².